The molecule has 146 valence electrons. The van der Waals surface area contributed by atoms with Gasteiger partial charge < -0.3 is 14.7 Å². The van der Waals surface area contributed by atoms with Gasteiger partial charge >= 0.3 is 0 Å². The smallest absolute Gasteiger partial charge is 0.256 e. The van der Waals surface area contributed by atoms with Crippen LogP contribution in [0.4, 0.5) is 15.8 Å². The molecule has 0 N–H and O–H groups in total. The first-order valence-electron chi connectivity index (χ1n) is 9.43. The maximum Gasteiger partial charge on any atom is 0.256 e. The largest absolute Gasteiger partial charge is 0.366 e. The van der Waals surface area contributed by atoms with Crippen molar-refractivity contribution in [3.05, 3.63) is 58.9 Å². The standard InChI is InChI=1S/C21H21ClFN3O2/c22-15-7-8-16(19(14-15)26-9-3-6-20(26)27)21(28)25-12-10-24(11-13-25)18-5-2-1-4-17(18)23/h1-2,4-5,7-8,14H,3,6,9-13H2. The zero-order chi connectivity index (χ0) is 19.7. The molecule has 5 nitrogen and oxygen atoms in total. The van der Waals surface area contributed by atoms with Crippen LogP contribution >= 0.6 is 11.6 Å². The number of nitrogens with zero attached hydrogens (tertiary/aromatic N) is 3. The quantitative estimate of drug-likeness (QED) is 0.789. The number of anilines is 2. The molecule has 2 amide bonds. The van der Waals surface area contributed by atoms with Crippen LogP contribution in [0.5, 0.6) is 0 Å². The van der Waals surface area contributed by atoms with Crippen LogP contribution in [0.3, 0.4) is 0 Å². The van der Waals surface area contributed by atoms with Gasteiger partial charge in [-0.1, -0.05) is 23.7 Å². The Morgan fingerprint density at radius 3 is 2.39 bits per heavy atom. The van der Waals surface area contributed by atoms with Crippen molar-refractivity contribution in [2.75, 3.05) is 42.5 Å². The SMILES string of the molecule is O=C(c1ccc(Cl)cc1N1CCCC1=O)N1CCN(c2ccccc2F)CC1. The average molecular weight is 402 g/mol. The second-order valence-electron chi connectivity index (χ2n) is 7.04. The van der Waals surface area contributed by atoms with Gasteiger partial charge in [-0.25, -0.2) is 4.39 Å². The van der Waals surface area contributed by atoms with E-state index in [1.54, 1.807) is 40.1 Å². The molecule has 2 aliphatic heterocycles. The normalized spacial score (nSPS) is 17.4. The topological polar surface area (TPSA) is 43.9 Å². The van der Waals surface area contributed by atoms with E-state index < -0.39 is 0 Å². The summed E-state index contributed by atoms with van der Waals surface area (Å²) in [5.41, 5.74) is 1.62. The fourth-order valence-corrected chi connectivity index (χ4v) is 4.01. The van der Waals surface area contributed by atoms with Gasteiger partial charge in [-0.15, -0.1) is 0 Å². The Morgan fingerprint density at radius 2 is 1.71 bits per heavy atom. The van der Waals surface area contributed by atoms with E-state index in [0.717, 1.165) is 6.42 Å². The lowest BCUT2D eigenvalue weighted by Crippen LogP contribution is -2.49. The van der Waals surface area contributed by atoms with E-state index >= 15 is 0 Å². The Kier molecular flexibility index (Phi) is 5.22. The highest BCUT2D eigenvalue weighted by molar-refractivity contribution is 6.31. The molecule has 2 aliphatic rings. The van der Waals surface area contributed by atoms with Crippen LogP contribution in [0.1, 0.15) is 23.2 Å². The lowest BCUT2D eigenvalue weighted by atomic mass is 10.1. The minimum Gasteiger partial charge on any atom is -0.366 e. The number of halogens is 2. The summed E-state index contributed by atoms with van der Waals surface area (Å²) in [6.45, 7) is 2.68. The third-order valence-corrected chi connectivity index (χ3v) is 5.55. The van der Waals surface area contributed by atoms with Gasteiger partial charge in [0.1, 0.15) is 5.82 Å². The molecule has 7 heteroatoms. The van der Waals surface area contributed by atoms with Crippen LogP contribution < -0.4 is 9.80 Å². The fraction of sp³-hybridized carbons (Fsp3) is 0.333. The van der Waals surface area contributed by atoms with Crippen molar-refractivity contribution in [2.45, 2.75) is 12.8 Å². The highest BCUT2D eigenvalue weighted by Gasteiger charge is 2.29. The zero-order valence-electron chi connectivity index (χ0n) is 15.4. The monoisotopic (exact) mass is 401 g/mol. The summed E-state index contributed by atoms with van der Waals surface area (Å²) in [5, 5.41) is 0.496. The van der Waals surface area contributed by atoms with Gasteiger partial charge in [0.25, 0.3) is 5.91 Å². The number of carbonyl (C=O) groups is 2. The summed E-state index contributed by atoms with van der Waals surface area (Å²) in [6, 6.07) is 11.7. The van der Waals surface area contributed by atoms with E-state index in [4.69, 9.17) is 11.6 Å². The molecule has 2 aromatic carbocycles. The molecule has 0 radical (unpaired) electrons. The maximum atomic E-state index is 14.0. The minimum atomic E-state index is -0.255. The molecule has 2 fully saturated rings. The molecule has 0 bridgehead atoms. The lowest BCUT2D eigenvalue weighted by molar-refractivity contribution is -0.117. The van der Waals surface area contributed by atoms with Crippen molar-refractivity contribution in [3.63, 3.8) is 0 Å². The Hall–Kier alpha value is -2.60. The Balaban J connectivity index is 1.52. The van der Waals surface area contributed by atoms with Crippen LogP contribution in [0.2, 0.25) is 5.02 Å². The number of rotatable bonds is 3. The predicted octanol–water partition coefficient (Wildman–Crippen LogP) is 3.57. The Labute approximate surface area is 168 Å². The van der Waals surface area contributed by atoms with Crippen LogP contribution in [0.15, 0.2) is 42.5 Å². The second-order valence-corrected chi connectivity index (χ2v) is 7.48. The van der Waals surface area contributed by atoms with E-state index in [2.05, 4.69) is 0 Å². The highest BCUT2D eigenvalue weighted by atomic mass is 35.5. The molecule has 0 saturated carbocycles. The number of hydrogen-bond acceptors (Lipinski definition) is 3. The van der Waals surface area contributed by atoms with E-state index in [1.165, 1.54) is 6.07 Å². The van der Waals surface area contributed by atoms with Crippen LogP contribution in [0, 0.1) is 5.82 Å². The summed E-state index contributed by atoms with van der Waals surface area (Å²) in [7, 11) is 0. The Bertz CT molecular complexity index is 912. The fourth-order valence-electron chi connectivity index (χ4n) is 3.84. The summed E-state index contributed by atoms with van der Waals surface area (Å²) < 4.78 is 14.0. The predicted molar refractivity (Wildman–Crippen MR) is 108 cm³/mol. The first-order valence-corrected chi connectivity index (χ1v) is 9.81. The molecule has 2 heterocycles. The molecular formula is C21H21ClFN3O2. The van der Waals surface area contributed by atoms with E-state index in [0.29, 0.717) is 61.1 Å². The molecule has 2 saturated heterocycles. The van der Waals surface area contributed by atoms with Crippen molar-refractivity contribution in [3.8, 4) is 0 Å². The van der Waals surface area contributed by atoms with Gasteiger partial charge in [0, 0.05) is 44.2 Å². The van der Waals surface area contributed by atoms with Crippen LogP contribution in [0.25, 0.3) is 0 Å². The maximum absolute atomic E-state index is 14.0. The Morgan fingerprint density at radius 1 is 0.964 bits per heavy atom. The molecule has 0 unspecified atom stereocenters. The molecule has 0 spiro atoms. The van der Waals surface area contributed by atoms with Gasteiger partial charge in [0.2, 0.25) is 5.91 Å². The molecule has 28 heavy (non-hydrogen) atoms. The zero-order valence-corrected chi connectivity index (χ0v) is 16.2. The number of hydrogen-bond donors (Lipinski definition) is 0. The number of para-hydroxylation sites is 1. The van der Waals surface area contributed by atoms with Crippen LogP contribution in [-0.4, -0.2) is 49.4 Å². The highest BCUT2D eigenvalue weighted by Crippen LogP contribution is 2.30. The number of piperazine rings is 1. The van der Waals surface area contributed by atoms with Crippen LogP contribution in [-0.2, 0) is 4.79 Å². The lowest BCUT2D eigenvalue weighted by Gasteiger charge is -2.36. The average Bonchev–Trinajstić information content (AvgIpc) is 3.14. The van der Waals surface area contributed by atoms with E-state index in [9.17, 15) is 14.0 Å². The first kappa shape index (κ1) is 18.7. The van der Waals surface area contributed by atoms with Gasteiger partial charge in [0.15, 0.2) is 0 Å². The first-order chi connectivity index (χ1) is 13.5. The molecular weight excluding hydrogens is 381 g/mol. The molecule has 0 aliphatic carbocycles. The van der Waals surface area contributed by atoms with Crippen molar-refractivity contribution < 1.29 is 14.0 Å². The van der Waals surface area contributed by atoms with Gasteiger partial charge in [0.05, 0.1) is 16.9 Å². The third-order valence-electron chi connectivity index (χ3n) is 5.31. The van der Waals surface area contributed by atoms with Crippen molar-refractivity contribution >= 4 is 34.8 Å². The molecule has 4 rings (SSSR count). The second kappa shape index (κ2) is 7.80. The van der Waals surface area contributed by atoms with Crippen molar-refractivity contribution in [2.24, 2.45) is 0 Å². The van der Waals surface area contributed by atoms with Gasteiger partial charge in [-0.2, -0.15) is 0 Å². The number of benzene rings is 2. The summed E-state index contributed by atoms with van der Waals surface area (Å²) in [5.74, 6) is -0.366. The van der Waals surface area contributed by atoms with E-state index in [1.807, 2.05) is 11.0 Å². The van der Waals surface area contributed by atoms with Gasteiger partial charge in [-0.3, -0.25) is 9.59 Å². The molecule has 0 aromatic heterocycles. The number of carbonyl (C=O) groups excluding carboxylic acids is 2. The molecule has 2 aromatic rings. The van der Waals surface area contributed by atoms with Crippen molar-refractivity contribution in [1.29, 1.82) is 0 Å². The minimum absolute atomic E-state index is 0.0145. The van der Waals surface area contributed by atoms with Gasteiger partial charge in [-0.05, 0) is 36.8 Å². The van der Waals surface area contributed by atoms with E-state index in [-0.39, 0.29) is 17.6 Å². The van der Waals surface area contributed by atoms with Crippen molar-refractivity contribution in [1.82, 2.24) is 4.90 Å². The summed E-state index contributed by atoms with van der Waals surface area (Å²) in [6.07, 6.45) is 1.27. The molecule has 0 atom stereocenters. The summed E-state index contributed by atoms with van der Waals surface area (Å²) in [4.78, 5) is 30.7. The summed E-state index contributed by atoms with van der Waals surface area (Å²) >= 11 is 6.13. The third kappa shape index (κ3) is 3.56. The number of amides is 2.